The van der Waals surface area contributed by atoms with Crippen molar-refractivity contribution < 1.29 is 23.1 Å². The summed E-state index contributed by atoms with van der Waals surface area (Å²) in [5.74, 6) is -2.05. The van der Waals surface area contributed by atoms with E-state index in [0.29, 0.717) is 19.3 Å². The summed E-state index contributed by atoms with van der Waals surface area (Å²) < 4.78 is 25.9. The molecule has 0 aromatic rings. The lowest BCUT2D eigenvalue weighted by molar-refractivity contribution is -0.144. The second-order valence-corrected chi connectivity index (χ2v) is 9.02. The number of hydrogen-bond donors (Lipinski definition) is 1. The molecule has 1 atom stereocenters. The molecule has 0 heterocycles. The van der Waals surface area contributed by atoms with Gasteiger partial charge >= 0.3 is 5.97 Å². The van der Waals surface area contributed by atoms with Crippen LogP contribution >= 0.6 is 0 Å². The SMILES string of the molecule is CCCN(CC(=O)O)C(=O)C(C(C)C)S(=O)(=O)C1CCCCC1. The van der Waals surface area contributed by atoms with Gasteiger partial charge in [0.05, 0.1) is 5.25 Å². The molecular weight excluding hydrogens is 318 g/mol. The summed E-state index contributed by atoms with van der Waals surface area (Å²) in [6.45, 7) is 5.08. The largest absolute Gasteiger partial charge is 0.480 e. The van der Waals surface area contributed by atoms with Crippen molar-refractivity contribution in [2.24, 2.45) is 5.92 Å². The van der Waals surface area contributed by atoms with Gasteiger partial charge in [-0.1, -0.05) is 40.0 Å². The van der Waals surface area contributed by atoms with Crippen molar-refractivity contribution in [3.05, 3.63) is 0 Å². The van der Waals surface area contributed by atoms with E-state index in [4.69, 9.17) is 5.11 Å². The van der Waals surface area contributed by atoms with Gasteiger partial charge in [-0.25, -0.2) is 8.42 Å². The summed E-state index contributed by atoms with van der Waals surface area (Å²) >= 11 is 0. The first-order chi connectivity index (χ1) is 10.7. The van der Waals surface area contributed by atoms with Crippen LogP contribution in [0.4, 0.5) is 0 Å². The lowest BCUT2D eigenvalue weighted by Crippen LogP contribution is -2.50. The number of carboxylic acid groups (broad SMARTS) is 1. The molecule has 1 N–H and O–H groups in total. The van der Waals surface area contributed by atoms with Crippen molar-refractivity contribution in [3.8, 4) is 0 Å². The van der Waals surface area contributed by atoms with Crippen LogP contribution < -0.4 is 0 Å². The van der Waals surface area contributed by atoms with E-state index in [-0.39, 0.29) is 12.5 Å². The number of aliphatic carboxylic acids is 1. The number of amides is 1. The van der Waals surface area contributed by atoms with Crippen LogP contribution in [0, 0.1) is 5.92 Å². The van der Waals surface area contributed by atoms with E-state index >= 15 is 0 Å². The summed E-state index contributed by atoms with van der Waals surface area (Å²) in [4.78, 5) is 24.9. The lowest BCUT2D eigenvalue weighted by atomic mass is 10.0. The highest BCUT2D eigenvalue weighted by atomic mass is 32.2. The molecule has 134 valence electrons. The Morgan fingerprint density at radius 1 is 1.17 bits per heavy atom. The van der Waals surface area contributed by atoms with Crippen LogP contribution in [0.3, 0.4) is 0 Å². The van der Waals surface area contributed by atoms with Crippen LogP contribution in [-0.2, 0) is 19.4 Å². The monoisotopic (exact) mass is 347 g/mol. The number of carbonyl (C=O) groups excluding carboxylic acids is 1. The predicted molar refractivity (Wildman–Crippen MR) is 88.9 cm³/mol. The van der Waals surface area contributed by atoms with E-state index in [2.05, 4.69) is 0 Å². The molecule has 23 heavy (non-hydrogen) atoms. The Labute approximate surface area is 139 Å². The Kier molecular flexibility index (Phi) is 7.51. The van der Waals surface area contributed by atoms with Gasteiger partial charge in [0.15, 0.2) is 9.84 Å². The summed E-state index contributed by atoms with van der Waals surface area (Å²) in [7, 11) is -3.61. The van der Waals surface area contributed by atoms with Gasteiger partial charge in [0.25, 0.3) is 0 Å². The normalized spacial score (nSPS) is 17.9. The molecule has 0 spiro atoms. The zero-order valence-corrected chi connectivity index (χ0v) is 15.1. The molecule has 0 saturated heterocycles. The third-order valence-electron chi connectivity index (χ3n) is 4.35. The molecule has 1 rings (SSSR count). The van der Waals surface area contributed by atoms with Crippen LogP contribution in [0.15, 0.2) is 0 Å². The molecule has 1 amide bonds. The molecule has 0 aliphatic heterocycles. The van der Waals surface area contributed by atoms with Gasteiger partial charge in [-0.05, 0) is 25.2 Å². The number of carbonyl (C=O) groups is 2. The fourth-order valence-electron chi connectivity index (χ4n) is 3.29. The topological polar surface area (TPSA) is 91.8 Å². The average Bonchev–Trinajstić information content (AvgIpc) is 2.46. The third kappa shape index (κ3) is 5.19. The third-order valence-corrected chi connectivity index (χ3v) is 7.21. The fourth-order valence-corrected chi connectivity index (χ4v) is 5.88. The van der Waals surface area contributed by atoms with Gasteiger partial charge in [-0.2, -0.15) is 0 Å². The summed E-state index contributed by atoms with van der Waals surface area (Å²) in [5.41, 5.74) is 0. The molecule has 6 nitrogen and oxygen atoms in total. The van der Waals surface area contributed by atoms with Gasteiger partial charge in [0.2, 0.25) is 5.91 Å². The highest BCUT2D eigenvalue weighted by molar-refractivity contribution is 7.93. The van der Waals surface area contributed by atoms with Crippen LogP contribution in [0.2, 0.25) is 0 Å². The second-order valence-electron chi connectivity index (χ2n) is 6.67. The van der Waals surface area contributed by atoms with E-state index in [1.807, 2.05) is 6.92 Å². The van der Waals surface area contributed by atoms with E-state index in [0.717, 1.165) is 19.3 Å². The molecule has 1 aliphatic rings. The standard InChI is InChI=1S/C16H29NO5S/c1-4-10-17(11-14(18)19)16(20)15(12(2)3)23(21,22)13-8-6-5-7-9-13/h12-13,15H,4-11H2,1-3H3,(H,18,19). The van der Waals surface area contributed by atoms with Crippen molar-refractivity contribution in [2.75, 3.05) is 13.1 Å². The Hall–Kier alpha value is -1.11. The summed E-state index contributed by atoms with van der Waals surface area (Å²) in [5, 5.41) is 7.37. The van der Waals surface area contributed by atoms with Crippen LogP contribution in [0.5, 0.6) is 0 Å². The minimum atomic E-state index is -3.61. The first kappa shape index (κ1) is 19.9. The first-order valence-corrected chi connectivity index (χ1v) is 10.1. The maximum Gasteiger partial charge on any atom is 0.323 e. The minimum absolute atomic E-state index is 0.258. The van der Waals surface area contributed by atoms with Crippen molar-refractivity contribution in [2.45, 2.75) is 69.8 Å². The average molecular weight is 347 g/mol. The van der Waals surface area contributed by atoms with Crippen LogP contribution in [0.1, 0.15) is 59.3 Å². The lowest BCUT2D eigenvalue weighted by Gasteiger charge is -2.32. The minimum Gasteiger partial charge on any atom is -0.480 e. The Bertz CT molecular complexity index is 509. The van der Waals surface area contributed by atoms with E-state index < -0.39 is 38.8 Å². The molecule has 1 saturated carbocycles. The zero-order valence-electron chi connectivity index (χ0n) is 14.3. The molecular formula is C16H29NO5S. The molecule has 0 aromatic heterocycles. The van der Waals surface area contributed by atoms with E-state index in [1.165, 1.54) is 4.90 Å². The maximum absolute atomic E-state index is 13.0. The number of carboxylic acids is 1. The first-order valence-electron chi connectivity index (χ1n) is 8.45. The molecule has 0 radical (unpaired) electrons. The highest BCUT2D eigenvalue weighted by Gasteiger charge is 2.42. The van der Waals surface area contributed by atoms with Crippen molar-refractivity contribution >= 4 is 21.7 Å². The number of hydrogen-bond acceptors (Lipinski definition) is 4. The number of nitrogens with zero attached hydrogens (tertiary/aromatic N) is 1. The maximum atomic E-state index is 13.0. The summed E-state index contributed by atoms with van der Waals surface area (Å²) in [6.07, 6.45) is 4.57. The summed E-state index contributed by atoms with van der Waals surface area (Å²) in [6, 6.07) is 0. The Balaban J connectivity index is 3.07. The molecule has 1 aliphatic carbocycles. The van der Waals surface area contributed by atoms with Gasteiger partial charge in [0, 0.05) is 6.54 Å². The van der Waals surface area contributed by atoms with Crippen LogP contribution in [-0.4, -0.2) is 53.9 Å². The molecule has 7 heteroatoms. The quantitative estimate of drug-likeness (QED) is 0.726. The molecule has 1 fully saturated rings. The highest BCUT2D eigenvalue weighted by Crippen LogP contribution is 2.29. The number of sulfone groups is 1. The Morgan fingerprint density at radius 3 is 2.17 bits per heavy atom. The molecule has 0 bridgehead atoms. The predicted octanol–water partition coefficient (Wildman–Crippen LogP) is 2.08. The van der Waals surface area contributed by atoms with E-state index in [9.17, 15) is 18.0 Å². The number of rotatable bonds is 8. The van der Waals surface area contributed by atoms with Gasteiger partial charge in [-0.3, -0.25) is 9.59 Å². The van der Waals surface area contributed by atoms with Gasteiger partial charge in [-0.15, -0.1) is 0 Å². The second kappa shape index (κ2) is 8.66. The zero-order chi connectivity index (χ0) is 17.6. The van der Waals surface area contributed by atoms with Gasteiger partial charge < -0.3 is 10.0 Å². The van der Waals surface area contributed by atoms with Crippen molar-refractivity contribution in [3.63, 3.8) is 0 Å². The molecule has 1 unspecified atom stereocenters. The van der Waals surface area contributed by atoms with Crippen LogP contribution in [0.25, 0.3) is 0 Å². The van der Waals surface area contributed by atoms with Crippen molar-refractivity contribution in [1.29, 1.82) is 0 Å². The van der Waals surface area contributed by atoms with Crippen molar-refractivity contribution in [1.82, 2.24) is 4.90 Å². The molecule has 0 aromatic carbocycles. The van der Waals surface area contributed by atoms with E-state index in [1.54, 1.807) is 13.8 Å². The Morgan fingerprint density at radius 2 is 1.74 bits per heavy atom. The fraction of sp³-hybridized carbons (Fsp3) is 0.875. The smallest absolute Gasteiger partial charge is 0.323 e. The van der Waals surface area contributed by atoms with Gasteiger partial charge in [0.1, 0.15) is 11.8 Å².